The van der Waals surface area contributed by atoms with Crippen LogP contribution in [-0.4, -0.2) is 85.0 Å². The van der Waals surface area contributed by atoms with Gasteiger partial charge in [-0.3, -0.25) is 14.5 Å². The molecule has 280 valence electrons. The Bertz CT molecular complexity index is 1730. The van der Waals surface area contributed by atoms with Gasteiger partial charge in [-0.1, -0.05) is 31.4 Å². The van der Waals surface area contributed by atoms with Crippen molar-refractivity contribution in [3.8, 4) is 5.75 Å². The number of alkyl halides is 3. The zero-order chi connectivity index (χ0) is 37.6. The summed E-state index contributed by atoms with van der Waals surface area (Å²) in [6.45, 7) is 4.52. The molecule has 1 saturated carbocycles. The average molecular weight is 739 g/mol. The van der Waals surface area contributed by atoms with Crippen molar-refractivity contribution in [1.82, 2.24) is 9.47 Å². The maximum Gasteiger partial charge on any atom is 0.430 e. The number of rotatable bonds is 14. The normalized spacial score (nSPS) is 16.5. The van der Waals surface area contributed by atoms with E-state index in [0.29, 0.717) is 40.2 Å². The molecule has 1 aliphatic heterocycles. The number of carboxylic acid groups (broad SMARTS) is 1. The van der Waals surface area contributed by atoms with Gasteiger partial charge in [-0.2, -0.15) is 13.2 Å². The van der Waals surface area contributed by atoms with Crippen LogP contribution in [0.1, 0.15) is 72.0 Å². The van der Waals surface area contributed by atoms with E-state index in [4.69, 9.17) is 19.2 Å². The summed E-state index contributed by atoms with van der Waals surface area (Å²) in [5.74, 6) is -1.51. The minimum atomic E-state index is -5.19. The second kappa shape index (κ2) is 16.7. The zero-order valence-electron chi connectivity index (χ0n) is 29.4. The molecule has 0 N–H and O–H groups in total. The Morgan fingerprint density at radius 3 is 2.18 bits per heavy atom. The number of carbonyl (C=O) groups is 3. The Morgan fingerprint density at radius 1 is 1.02 bits per heavy atom. The van der Waals surface area contributed by atoms with Crippen molar-refractivity contribution in [2.45, 2.75) is 71.3 Å². The number of quaternary nitrogens is 1. The van der Waals surface area contributed by atoms with Gasteiger partial charge in [0.1, 0.15) is 32.5 Å². The van der Waals surface area contributed by atoms with Crippen molar-refractivity contribution in [1.29, 1.82) is 0 Å². The predicted molar refractivity (Wildman–Crippen MR) is 178 cm³/mol. The van der Waals surface area contributed by atoms with Gasteiger partial charge in [0.2, 0.25) is 0 Å². The van der Waals surface area contributed by atoms with E-state index in [2.05, 4.69) is 16.1 Å². The smallest absolute Gasteiger partial charge is 0.430 e. The van der Waals surface area contributed by atoms with Crippen LogP contribution < -0.4 is 19.3 Å². The van der Waals surface area contributed by atoms with E-state index in [1.165, 1.54) is 24.2 Å². The Morgan fingerprint density at radius 2 is 1.63 bits per heavy atom. The first-order chi connectivity index (χ1) is 23.9. The molecule has 5 rings (SSSR count). The molecule has 0 saturated heterocycles. The number of imide groups is 1. The van der Waals surface area contributed by atoms with Crippen LogP contribution in [0.4, 0.5) is 13.2 Å². The lowest BCUT2D eigenvalue weighted by Crippen LogP contribution is -2.42. The van der Waals surface area contributed by atoms with Crippen molar-refractivity contribution in [3.05, 3.63) is 59.4 Å². The highest BCUT2D eigenvalue weighted by molar-refractivity contribution is 7.51. The molecule has 2 aliphatic rings. The highest BCUT2D eigenvalue weighted by atomic mass is 31.2. The van der Waals surface area contributed by atoms with Crippen molar-refractivity contribution in [2.75, 3.05) is 47.1 Å². The number of carbonyl (C=O) groups excluding carboxylic acids is 3. The average Bonchev–Trinajstić information content (AvgIpc) is 3.48. The summed E-state index contributed by atoms with van der Waals surface area (Å²) in [4.78, 5) is 49.1. The summed E-state index contributed by atoms with van der Waals surface area (Å²) < 4.78 is 60.3. The molecule has 0 bridgehead atoms. The van der Waals surface area contributed by atoms with Gasteiger partial charge in [-0.25, -0.2) is 9.13 Å². The number of nitrogens with zero attached hydrogens (tertiary/aromatic N) is 4. The number of halogens is 3. The SMILES string of the molecule is CC[n+]1c(CN2C(=O)c3ccccc3C2=O)n(CC2CCCCC2)c2cc(OCCOP(=O)([O-])CCC[N+](C)(C)C)ccc21.O=C([O-])C(F)(F)F. The summed E-state index contributed by atoms with van der Waals surface area (Å²) in [7, 11) is 2.16. The van der Waals surface area contributed by atoms with Crippen LogP contribution in [0.15, 0.2) is 42.5 Å². The minimum absolute atomic E-state index is 0.00998. The third kappa shape index (κ3) is 10.6. The molecule has 0 spiro atoms. The van der Waals surface area contributed by atoms with Gasteiger partial charge in [-0.05, 0) is 49.9 Å². The van der Waals surface area contributed by atoms with Crippen LogP contribution in [-0.2, 0) is 33.5 Å². The fraction of sp³-hybridized carbons (Fsp3) is 0.543. The zero-order valence-corrected chi connectivity index (χ0v) is 30.3. The molecule has 51 heavy (non-hydrogen) atoms. The third-order valence-corrected chi connectivity index (χ3v) is 10.4. The Balaban J connectivity index is 0.000000755. The van der Waals surface area contributed by atoms with Crippen molar-refractivity contribution in [2.24, 2.45) is 5.92 Å². The van der Waals surface area contributed by atoms with Gasteiger partial charge < -0.3 is 33.1 Å². The van der Waals surface area contributed by atoms with E-state index in [1.54, 1.807) is 24.3 Å². The van der Waals surface area contributed by atoms with E-state index >= 15 is 0 Å². The molecule has 12 nitrogen and oxygen atoms in total. The van der Waals surface area contributed by atoms with Crippen molar-refractivity contribution in [3.63, 3.8) is 0 Å². The largest absolute Gasteiger partial charge is 0.778 e. The molecule has 1 unspecified atom stereocenters. The molecule has 2 heterocycles. The number of benzene rings is 2. The maximum atomic E-state index is 13.3. The minimum Gasteiger partial charge on any atom is -0.778 e. The van der Waals surface area contributed by atoms with Gasteiger partial charge in [0.25, 0.3) is 17.6 Å². The van der Waals surface area contributed by atoms with Gasteiger partial charge >= 0.3 is 6.18 Å². The fourth-order valence-electron chi connectivity index (χ4n) is 6.48. The van der Waals surface area contributed by atoms with Crippen LogP contribution in [0.3, 0.4) is 0 Å². The number of carboxylic acids is 1. The first kappa shape index (κ1) is 40.0. The lowest BCUT2D eigenvalue weighted by molar-refractivity contribution is -0.870. The van der Waals surface area contributed by atoms with E-state index in [0.717, 1.165) is 42.8 Å². The first-order valence-corrected chi connectivity index (χ1v) is 18.8. The molecule has 16 heteroatoms. The summed E-state index contributed by atoms with van der Waals surface area (Å²) in [6.07, 6.45) is 1.32. The first-order valence-electron chi connectivity index (χ1n) is 17.1. The number of aryl methyl sites for hydroxylation is 1. The third-order valence-electron chi connectivity index (χ3n) is 8.94. The van der Waals surface area contributed by atoms with Gasteiger partial charge in [0, 0.05) is 18.6 Å². The number of aliphatic carboxylic acids is 1. The van der Waals surface area contributed by atoms with Crippen molar-refractivity contribution < 1.29 is 60.4 Å². The van der Waals surface area contributed by atoms with Crippen LogP contribution in [0.5, 0.6) is 5.75 Å². The van der Waals surface area contributed by atoms with E-state index in [9.17, 15) is 32.2 Å². The number of fused-ring (bicyclic) bond motifs is 2. The molecular weight excluding hydrogens is 692 g/mol. The quantitative estimate of drug-likeness (QED) is 0.0802. The maximum absolute atomic E-state index is 13.3. The van der Waals surface area contributed by atoms with Crippen LogP contribution in [0.25, 0.3) is 11.0 Å². The summed E-state index contributed by atoms with van der Waals surface area (Å²) in [5.41, 5.74) is 2.87. The number of hydrogen-bond acceptors (Lipinski definition) is 8. The van der Waals surface area contributed by atoms with Gasteiger partial charge in [0.05, 0.1) is 58.5 Å². The van der Waals surface area contributed by atoms with E-state index < -0.39 is 19.7 Å². The summed E-state index contributed by atoms with van der Waals surface area (Å²) >= 11 is 0. The lowest BCUT2D eigenvalue weighted by Gasteiger charge is -2.27. The molecule has 1 aromatic heterocycles. The number of hydrogen-bond donors (Lipinski definition) is 0. The monoisotopic (exact) mass is 738 g/mol. The van der Waals surface area contributed by atoms with Gasteiger partial charge in [0.15, 0.2) is 11.0 Å². The summed E-state index contributed by atoms with van der Waals surface area (Å²) in [6, 6.07) is 12.9. The van der Waals surface area contributed by atoms with Crippen molar-refractivity contribution >= 4 is 36.4 Å². The molecule has 2 aromatic carbocycles. The molecular formula is C35H46F3N4O8P. The van der Waals surface area contributed by atoms with Crippen LogP contribution in [0, 0.1) is 5.92 Å². The topological polar surface area (TPSA) is 145 Å². The Labute approximate surface area is 295 Å². The highest BCUT2D eigenvalue weighted by Crippen LogP contribution is 2.37. The van der Waals surface area contributed by atoms with E-state index in [-0.39, 0.29) is 37.7 Å². The number of aromatic nitrogens is 2. The second-order valence-corrected chi connectivity index (χ2v) is 15.8. The molecule has 1 aliphatic carbocycles. The van der Waals surface area contributed by atoms with Gasteiger partial charge in [-0.15, -0.1) is 0 Å². The Hall–Kier alpha value is -3.78. The standard InChI is InChI=1S/C33H46N4O6P.C2HF3O2/c1-5-34-29-17-16-26(42-19-20-43-44(40,41)21-11-18-37(2,3)4)22-30(29)35(23-25-12-7-6-8-13-25)31(34)24-36-32(38)27-14-9-10-15-28(27)33(36)39;3-2(4,5)1(6)7/h9-10,14-17,22,25H,5-8,11-13,18-21,23-24H2,1-4H3;(H,6,7)/q+1;/p-1. The molecule has 2 amide bonds. The Kier molecular flexibility index (Phi) is 13.1. The predicted octanol–water partition coefficient (Wildman–Crippen LogP) is 3.67. The number of ether oxygens (including phenoxy) is 1. The number of imidazole rings is 1. The molecule has 1 fully saturated rings. The summed E-state index contributed by atoms with van der Waals surface area (Å²) in [5, 5.41) is 8.78. The molecule has 3 aromatic rings. The lowest BCUT2D eigenvalue weighted by atomic mass is 9.89. The van der Waals surface area contributed by atoms with E-state index in [1.807, 2.05) is 39.3 Å². The molecule has 0 radical (unpaired) electrons. The number of amides is 2. The fourth-order valence-corrected chi connectivity index (χ4v) is 7.49. The molecule has 1 atom stereocenters. The second-order valence-electron chi connectivity index (χ2n) is 13.8. The van der Waals surface area contributed by atoms with Crippen LogP contribution in [0.2, 0.25) is 0 Å². The van der Waals surface area contributed by atoms with Crippen LogP contribution >= 0.6 is 7.60 Å². The highest BCUT2D eigenvalue weighted by Gasteiger charge is 2.39.